The van der Waals surface area contributed by atoms with Gasteiger partial charge in [0.2, 0.25) is 11.4 Å². The number of pyridine rings is 7. The summed E-state index contributed by atoms with van der Waals surface area (Å²) in [6, 6.07) is 93.2. The first-order chi connectivity index (χ1) is 47.9. The SMILES string of the molecule is CO.CO.Cc1ccc2c(n1)oc1c(-c3nccc4ccccc34)[c-]ccc12.Cc1ccc2c(n1)oc1c(-c3nccc4ccccc34)cccc12.Cc1cccc(-c2[c-]cccc2)n1.Cc1cccc(-c2[c-]cccc2)n1.Cc1cccc(-c2[c-]cccc2)n1.O=S(=O)(O)C(F)(F)F.[Ir].[Ir]. The quantitative estimate of drug-likeness (QED) is 0.0831. The molecule has 101 heavy (non-hydrogen) atoms. The summed E-state index contributed by atoms with van der Waals surface area (Å²) < 4.78 is 69.7. The van der Waals surface area contributed by atoms with Crippen LogP contribution in [0.1, 0.15) is 28.5 Å². The van der Waals surface area contributed by atoms with Gasteiger partial charge in [0.25, 0.3) is 0 Å². The predicted octanol–water partition coefficient (Wildman–Crippen LogP) is 19.0. The van der Waals surface area contributed by atoms with Crippen LogP contribution in [0.3, 0.4) is 0 Å². The van der Waals surface area contributed by atoms with Crippen molar-refractivity contribution < 1.29 is 85.4 Å². The van der Waals surface area contributed by atoms with Crippen molar-refractivity contribution in [1.29, 1.82) is 0 Å². The van der Waals surface area contributed by atoms with Crippen LogP contribution in [-0.2, 0) is 50.3 Å². The molecule has 0 aliphatic carbocycles. The molecule has 9 heterocycles. The number of fused-ring (bicyclic) bond motifs is 8. The zero-order valence-corrected chi connectivity index (χ0v) is 61.2. The second-order valence-electron chi connectivity index (χ2n) is 21.6. The van der Waals surface area contributed by atoms with Crippen molar-refractivity contribution >= 4 is 75.8 Å². The average Bonchev–Trinajstić information content (AvgIpc) is 1.67. The third kappa shape index (κ3) is 20.2. The largest absolute Gasteiger partial charge is 0.522 e. The molecular formula is C81H66F3Ir2N7O7S-4. The van der Waals surface area contributed by atoms with Gasteiger partial charge in [0.1, 0.15) is 5.58 Å². The number of aliphatic hydroxyl groups excluding tert-OH is 2. The molecule has 20 heteroatoms. The zero-order valence-electron chi connectivity index (χ0n) is 55.6. The van der Waals surface area contributed by atoms with Crippen LogP contribution < -0.4 is 0 Å². The van der Waals surface area contributed by atoms with Gasteiger partial charge in [-0.2, -0.15) is 21.6 Å². The Morgan fingerprint density at radius 2 is 0.733 bits per heavy atom. The fourth-order valence-electron chi connectivity index (χ4n) is 10.2. The number of benzene rings is 7. The zero-order chi connectivity index (χ0) is 70.5. The Kier molecular flexibility index (Phi) is 28.7. The summed E-state index contributed by atoms with van der Waals surface area (Å²) in [4.78, 5) is 31.5. The van der Waals surface area contributed by atoms with E-state index in [1.54, 1.807) is 0 Å². The first-order valence-electron chi connectivity index (χ1n) is 30.8. The summed E-state index contributed by atoms with van der Waals surface area (Å²) in [5.41, 5.74) is 12.2. The van der Waals surface area contributed by atoms with E-state index < -0.39 is 15.6 Å². The molecule has 0 amide bonds. The molecule has 516 valence electrons. The molecule has 0 saturated carbocycles. The second-order valence-corrected chi connectivity index (χ2v) is 23.0. The van der Waals surface area contributed by atoms with Crippen LogP contribution >= 0.6 is 0 Å². The van der Waals surface area contributed by atoms with E-state index in [4.69, 9.17) is 32.0 Å². The summed E-state index contributed by atoms with van der Waals surface area (Å²) in [5.74, 6) is 0. The van der Waals surface area contributed by atoms with Gasteiger partial charge in [-0.25, -0.2) is 9.97 Å². The van der Waals surface area contributed by atoms with E-state index in [0.717, 1.165) is 148 Å². The second kappa shape index (κ2) is 37.2. The monoisotopic (exact) mass is 1720 g/mol. The molecule has 0 fully saturated rings. The van der Waals surface area contributed by atoms with Crippen LogP contribution in [0, 0.1) is 58.9 Å². The fourth-order valence-corrected chi connectivity index (χ4v) is 10.2. The number of aliphatic hydroxyl groups is 2. The number of aromatic nitrogens is 7. The minimum atomic E-state index is -5.84. The van der Waals surface area contributed by atoms with E-state index in [-0.39, 0.29) is 40.2 Å². The maximum Gasteiger partial charge on any atom is 0.522 e. The van der Waals surface area contributed by atoms with E-state index in [0.29, 0.717) is 11.4 Å². The Morgan fingerprint density at radius 1 is 0.366 bits per heavy atom. The van der Waals surface area contributed by atoms with Crippen LogP contribution in [0.4, 0.5) is 13.2 Å². The smallest absolute Gasteiger partial charge is 0.486 e. The van der Waals surface area contributed by atoms with Crippen molar-refractivity contribution in [2.45, 2.75) is 40.1 Å². The number of para-hydroxylation sites is 1. The normalized spacial score (nSPS) is 10.5. The molecule has 0 unspecified atom stereocenters. The van der Waals surface area contributed by atoms with Gasteiger partial charge in [0.15, 0.2) is 0 Å². The molecule has 0 aliphatic heterocycles. The van der Waals surface area contributed by atoms with Crippen LogP contribution in [0.5, 0.6) is 0 Å². The van der Waals surface area contributed by atoms with Gasteiger partial charge in [-0.05, 0) is 134 Å². The Labute approximate surface area is 610 Å². The number of aryl methyl sites for hydroxylation is 5. The molecule has 9 aromatic heterocycles. The van der Waals surface area contributed by atoms with E-state index >= 15 is 0 Å². The van der Waals surface area contributed by atoms with E-state index in [2.05, 4.69) is 114 Å². The number of rotatable bonds is 5. The first-order valence-corrected chi connectivity index (χ1v) is 32.2. The van der Waals surface area contributed by atoms with Gasteiger partial charge in [0.05, 0.1) is 11.3 Å². The number of halogens is 3. The number of hydrogen-bond acceptors (Lipinski definition) is 13. The Morgan fingerprint density at radius 3 is 1.15 bits per heavy atom. The van der Waals surface area contributed by atoms with Gasteiger partial charge in [-0.3, -0.25) is 9.54 Å². The molecule has 0 atom stereocenters. The number of alkyl halides is 3. The van der Waals surface area contributed by atoms with Crippen LogP contribution in [0.2, 0.25) is 0 Å². The maximum atomic E-state index is 10.7. The molecule has 0 bridgehead atoms. The molecule has 2 radical (unpaired) electrons. The van der Waals surface area contributed by atoms with Gasteiger partial charge < -0.3 is 39.0 Å². The first kappa shape index (κ1) is 78.0. The molecule has 0 saturated heterocycles. The molecule has 3 N–H and O–H groups in total. The summed E-state index contributed by atoms with van der Waals surface area (Å²) in [7, 11) is -3.84. The van der Waals surface area contributed by atoms with Crippen molar-refractivity contribution in [3.8, 4) is 56.3 Å². The molecule has 0 spiro atoms. The molecular weight excluding hydrogens is 1660 g/mol. The van der Waals surface area contributed by atoms with E-state index in [1.807, 2.05) is 235 Å². The standard InChI is InChI=1S/C21H14N2O.C21H13N2O.3C12H10N.CHF3O3S.2CH4O.2Ir/c2*1-13-9-10-17-16-7-4-8-18(20(16)24-21(17)23-13)19-15-6-3-2-5-14(15)11-12-22-19;3*1-10-6-5-9-12(13-10)11-7-3-2-4-8-11;2-1(3,4)8(5,6)7;2*1-2;;/h2-12H,1H3;2-7,9-12H,1H3;3*2-7,9H,1H3;(H,5,6,7);2*2H,1H3;;/q;4*-1;;;;;. The molecule has 16 aromatic rings. The number of hydrogen-bond donors (Lipinski definition) is 3. The summed E-state index contributed by atoms with van der Waals surface area (Å²) >= 11 is 0. The number of nitrogens with zero attached hydrogens (tertiary/aromatic N) is 7. The van der Waals surface area contributed by atoms with Gasteiger partial charge in [-0.1, -0.05) is 108 Å². The molecule has 14 nitrogen and oxygen atoms in total. The van der Waals surface area contributed by atoms with Crippen molar-refractivity contribution in [1.82, 2.24) is 34.9 Å². The average molecular weight is 1720 g/mol. The van der Waals surface area contributed by atoms with Crippen LogP contribution in [-0.4, -0.2) is 77.8 Å². The van der Waals surface area contributed by atoms with Crippen LogP contribution in [0.15, 0.2) is 264 Å². The maximum absolute atomic E-state index is 10.7. The van der Waals surface area contributed by atoms with E-state index in [1.165, 1.54) is 5.39 Å². The fraction of sp³-hybridized carbons (Fsp3) is 0.0988. The van der Waals surface area contributed by atoms with Gasteiger partial charge in [0, 0.05) is 122 Å². The van der Waals surface area contributed by atoms with Gasteiger partial charge in [-0.15, -0.1) is 126 Å². The molecule has 7 aromatic carbocycles. The molecule has 0 aliphatic rings. The van der Waals surface area contributed by atoms with Crippen molar-refractivity contribution in [3.63, 3.8) is 0 Å². The predicted molar refractivity (Wildman–Crippen MR) is 386 cm³/mol. The summed E-state index contributed by atoms with van der Waals surface area (Å²) in [5, 5.41) is 22.7. The Hall–Kier alpha value is -10.4. The van der Waals surface area contributed by atoms with E-state index in [9.17, 15) is 13.2 Å². The summed E-state index contributed by atoms with van der Waals surface area (Å²) in [6.07, 6.45) is 3.68. The van der Waals surface area contributed by atoms with Gasteiger partial charge >= 0.3 is 15.6 Å². The minimum Gasteiger partial charge on any atom is -0.486 e. The Bertz CT molecular complexity index is 5050. The van der Waals surface area contributed by atoms with Crippen molar-refractivity contribution in [2.24, 2.45) is 0 Å². The molecule has 16 rings (SSSR count). The van der Waals surface area contributed by atoms with Crippen molar-refractivity contribution in [3.05, 3.63) is 308 Å². The number of furan rings is 2. The summed E-state index contributed by atoms with van der Waals surface area (Å²) in [6.45, 7) is 9.91. The minimum absolute atomic E-state index is 0. The third-order valence-electron chi connectivity index (χ3n) is 14.7. The van der Waals surface area contributed by atoms with Crippen molar-refractivity contribution in [2.75, 3.05) is 14.2 Å². The topological polar surface area (TPSA) is 211 Å². The van der Waals surface area contributed by atoms with Crippen LogP contribution in [0.25, 0.3) is 122 Å². The third-order valence-corrected chi connectivity index (χ3v) is 15.3. The Balaban J connectivity index is 0.000000174.